The zero-order valence-electron chi connectivity index (χ0n) is 19.5. The van der Waals surface area contributed by atoms with Crippen molar-refractivity contribution in [2.75, 3.05) is 26.7 Å². The van der Waals surface area contributed by atoms with Crippen LogP contribution in [-0.4, -0.2) is 61.5 Å². The number of nitrogens with zero attached hydrogens (tertiary/aromatic N) is 1. The van der Waals surface area contributed by atoms with Crippen molar-refractivity contribution in [2.24, 2.45) is 11.7 Å². The fourth-order valence-corrected chi connectivity index (χ4v) is 4.43. The van der Waals surface area contributed by atoms with Gasteiger partial charge in [0.2, 0.25) is 5.91 Å². The molecule has 2 aromatic carbocycles. The molecular weight excluding hydrogens is 432 g/mol. The maximum atomic E-state index is 12.3. The number of benzene rings is 2. The van der Waals surface area contributed by atoms with Crippen LogP contribution in [0.2, 0.25) is 0 Å². The van der Waals surface area contributed by atoms with Crippen molar-refractivity contribution in [3.8, 4) is 16.9 Å². The fourth-order valence-electron chi connectivity index (χ4n) is 4.43. The second kappa shape index (κ2) is 10.7. The van der Waals surface area contributed by atoms with Crippen LogP contribution in [0.5, 0.6) is 5.75 Å². The van der Waals surface area contributed by atoms with E-state index < -0.39 is 0 Å². The van der Waals surface area contributed by atoms with Gasteiger partial charge in [-0.05, 0) is 49.6 Å². The zero-order valence-corrected chi connectivity index (χ0v) is 19.5. The summed E-state index contributed by atoms with van der Waals surface area (Å²) in [6, 6.07) is 15.1. The maximum absolute atomic E-state index is 12.3. The lowest BCUT2D eigenvalue weighted by atomic mass is 10.0. The van der Waals surface area contributed by atoms with Crippen LogP contribution in [-0.2, 0) is 14.3 Å². The molecule has 2 saturated heterocycles. The molecule has 0 saturated carbocycles. The van der Waals surface area contributed by atoms with Crippen molar-refractivity contribution in [3.63, 3.8) is 0 Å². The number of hydrogen-bond donors (Lipinski definition) is 3. The molecule has 2 aliphatic rings. The minimum atomic E-state index is -0.368. The molecule has 0 bridgehead atoms. The van der Waals surface area contributed by atoms with Gasteiger partial charge in [-0.3, -0.25) is 15.0 Å². The van der Waals surface area contributed by atoms with E-state index in [1.165, 1.54) is 0 Å². The summed E-state index contributed by atoms with van der Waals surface area (Å²) in [4.78, 5) is 26.9. The molecule has 1 amide bonds. The van der Waals surface area contributed by atoms with Gasteiger partial charge in [0.25, 0.3) is 0 Å². The summed E-state index contributed by atoms with van der Waals surface area (Å²) in [5, 5.41) is 10.4. The molecule has 0 aliphatic carbocycles. The number of nitrogens with two attached hydrogens (primary N) is 1. The molecule has 2 fully saturated rings. The second-order valence-corrected chi connectivity index (χ2v) is 9.16. The summed E-state index contributed by atoms with van der Waals surface area (Å²) in [7, 11) is 2.06. The summed E-state index contributed by atoms with van der Waals surface area (Å²) >= 11 is 0. The van der Waals surface area contributed by atoms with Gasteiger partial charge in [-0.15, -0.1) is 0 Å². The number of nitrogen functional groups attached to an aromatic ring is 1. The molecule has 180 valence electrons. The van der Waals surface area contributed by atoms with E-state index in [0.717, 1.165) is 37.1 Å². The first-order valence-corrected chi connectivity index (χ1v) is 11.7. The Morgan fingerprint density at radius 2 is 1.71 bits per heavy atom. The lowest BCUT2D eigenvalue weighted by Crippen LogP contribution is -2.35. The van der Waals surface area contributed by atoms with Crippen LogP contribution in [0.15, 0.2) is 48.5 Å². The number of carbonyl (C=O) groups is 2. The van der Waals surface area contributed by atoms with Crippen molar-refractivity contribution < 1.29 is 19.1 Å². The molecule has 8 heteroatoms. The molecule has 4 N–H and O–H groups in total. The van der Waals surface area contributed by atoms with E-state index in [4.69, 9.17) is 20.6 Å². The topological polar surface area (TPSA) is 118 Å². The predicted molar refractivity (Wildman–Crippen MR) is 130 cm³/mol. The Balaban J connectivity index is 1.23. The molecule has 0 spiro atoms. The first-order chi connectivity index (χ1) is 16.4. The molecule has 2 aromatic rings. The van der Waals surface area contributed by atoms with Gasteiger partial charge in [-0.25, -0.2) is 0 Å². The van der Waals surface area contributed by atoms with E-state index in [0.29, 0.717) is 24.3 Å². The highest BCUT2D eigenvalue weighted by atomic mass is 16.5. The van der Waals surface area contributed by atoms with Crippen molar-refractivity contribution in [1.29, 1.82) is 5.41 Å². The van der Waals surface area contributed by atoms with Crippen LogP contribution in [0.25, 0.3) is 11.1 Å². The van der Waals surface area contributed by atoms with E-state index >= 15 is 0 Å². The van der Waals surface area contributed by atoms with E-state index in [1.807, 2.05) is 48.5 Å². The Labute approximate surface area is 199 Å². The molecule has 8 nitrogen and oxygen atoms in total. The number of nitrogens with one attached hydrogen (secondary N) is 2. The van der Waals surface area contributed by atoms with Gasteiger partial charge in [0, 0.05) is 18.7 Å². The molecule has 34 heavy (non-hydrogen) atoms. The van der Waals surface area contributed by atoms with Gasteiger partial charge in [0.15, 0.2) is 0 Å². The maximum Gasteiger partial charge on any atom is 0.306 e. The lowest BCUT2D eigenvalue weighted by Gasteiger charge is -2.28. The SMILES string of the molecule is CN1CCC(OC(=O)C[C@@H]2C[C@@H](COc3ccc(-c4ccc(C(=N)N)cc4)cc3)NC2=O)CC1. The molecule has 2 heterocycles. The second-order valence-electron chi connectivity index (χ2n) is 9.16. The molecule has 4 rings (SSSR count). The normalized spacial score (nSPS) is 21.1. The average Bonchev–Trinajstić information content (AvgIpc) is 3.18. The van der Waals surface area contributed by atoms with Crippen LogP contribution in [0.3, 0.4) is 0 Å². The summed E-state index contributed by atoms with van der Waals surface area (Å²) < 4.78 is 11.5. The molecule has 0 unspecified atom stereocenters. The summed E-state index contributed by atoms with van der Waals surface area (Å²) in [6.45, 7) is 2.20. The third kappa shape index (κ3) is 6.14. The van der Waals surface area contributed by atoms with Crippen LogP contribution in [0.4, 0.5) is 0 Å². The summed E-state index contributed by atoms with van der Waals surface area (Å²) in [6.07, 6.45) is 2.33. The van der Waals surface area contributed by atoms with E-state index in [1.54, 1.807) is 0 Å². The van der Waals surface area contributed by atoms with Gasteiger partial charge in [-0.2, -0.15) is 0 Å². The number of esters is 1. The van der Waals surface area contributed by atoms with Gasteiger partial charge in [-0.1, -0.05) is 36.4 Å². The zero-order chi connectivity index (χ0) is 24.1. The highest BCUT2D eigenvalue weighted by Gasteiger charge is 2.35. The third-order valence-electron chi connectivity index (χ3n) is 6.50. The fraction of sp³-hybridized carbons (Fsp3) is 0.423. The minimum absolute atomic E-state index is 0.0395. The number of likely N-dealkylation sites (tertiary alicyclic amines) is 1. The Morgan fingerprint density at radius 3 is 2.32 bits per heavy atom. The smallest absolute Gasteiger partial charge is 0.306 e. The Morgan fingerprint density at radius 1 is 1.09 bits per heavy atom. The summed E-state index contributed by atoms with van der Waals surface area (Å²) in [5.74, 6) is -0.0108. The minimum Gasteiger partial charge on any atom is -0.491 e. The van der Waals surface area contributed by atoms with Gasteiger partial charge in [0.1, 0.15) is 24.3 Å². The number of rotatable bonds is 8. The van der Waals surface area contributed by atoms with Crippen molar-refractivity contribution in [1.82, 2.24) is 10.2 Å². The van der Waals surface area contributed by atoms with Crippen LogP contribution < -0.4 is 15.8 Å². The van der Waals surface area contributed by atoms with Crippen molar-refractivity contribution in [3.05, 3.63) is 54.1 Å². The highest BCUT2D eigenvalue weighted by Crippen LogP contribution is 2.25. The Kier molecular flexibility index (Phi) is 7.47. The van der Waals surface area contributed by atoms with Crippen molar-refractivity contribution >= 4 is 17.7 Å². The molecular formula is C26H32N4O4. The van der Waals surface area contributed by atoms with Crippen molar-refractivity contribution in [2.45, 2.75) is 37.8 Å². The number of piperidine rings is 1. The largest absolute Gasteiger partial charge is 0.491 e. The Bertz CT molecular complexity index is 1010. The first kappa shape index (κ1) is 23.8. The molecule has 2 atom stereocenters. The van der Waals surface area contributed by atoms with Crippen LogP contribution in [0.1, 0.15) is 31.2 Å². The van der Waals surface area contributed by atoms with E-state index in [2.05, 4.69) is 17.3 Å². The van der Waals surface area contributed by atoms with Crippen LogP contribution in [0, 0.1) is 11.3 Å². The van der Waals surface area contributed by atoms with E-state index in [9.17, 15) is 9.59 Å². The summed E-state index contributed by atoms with van der Waals surface area (Å²) in [5.41, 5.74) is 8.25. The number of hydrogen-bond acceptors (Lipinski definition) is 6. The quantitative estimate of drug-likeness (QED) is 0.314. The van der Waals surface area contributed by atoms with Gasteiger partial charge >= 0.3 is 5.97 Å². The number of ether oxygens (including phenoxy) is 2. The number of amidine groups is 1. The molecule has 0 aromatic heterocycles. The average molecular weight is 465 g/mol. The number of amides is 1. The monoisotopic (exact) mass is 464 g/mol. The van der Waals surface area contributed by atoms with Gasteiger partial charge in [0.05, 0.1) is 18.4 Å². The Hall–Kier alpha value is -3.39. The lowest BCUT2D eigenvalue weighted by molar-refractivity contribution is -0.153. The van der Waals surface area contributed by atoms with Crippen LogP contribution >= 0.6 is 0 Å². The third-order valence-corrected chi connectivity index (χ3v) is 6.50. The number of carbonyl (C=O) groups excluding carboxylic acids is 2. The highest BCUT2D eigenvalue weighted by molar-refractivity contribution is 5.95. The van der Waals surface area contributed by atoms with E-state index in [-0.39, 0.29) is 42.2 Å². The molecule has 0 radical (unpaired) electrons. The molecule has 2 aliphatic heterocycles. The standard InChI is InChI=1S/C26H32N4O4/c1-30-12-10-23(11-13-30)34-24(31)15-20-14-21(29-26(20)32)16-33-22-8-6-18(7-9-22)17-2-4-19(5-3-17)25(27)28/h2-9,20-21,23H,10-16H2,1H3,(H3,27,28)(H,29,32)/t20-,21-/m0/s1. The van der Waals surface area contributed by atoms with Gasteiger partial charge < -0.3 is 25.4 Å². The predicted octanol–water partition coefficient (Wildman–Crippen LogP) is 2.55. The first-order valence-electron chi connectivity index (χ1n) is 11.7.